The quantitative estimate of drug-likeness (QED) is 0.241. The van der Waals surface area contributed by atoms with Crippen LogP contribution in [0.1, 0.15) is 118 Å². The molecular formula is C35H47N3+2. The van der Waals surface area contributed by atoms with E-state index in [2.05, 4.69) is 145 Å². The molecule has 0 saturated heterocycles. The molecule has 0 unspecified atom stereocenters. The number of hydrogen-bond acceptors (Lipinski definition) is 0. The van der Waals surface area contributed by atoms with Gasteiger partial charge in [-0.05, 0) is 64.9 Å². The number of para-hydroxylation sites is 2. The number of aryl methyl sites for hydroxylation is 3. The molecule has 3 aromatic carbocycles. The van der Waals surface area contributed by atoms with Gasteiger partial charge in [-0.3, -0.25) is 0 Å². The van der Waals surface area contributed by atoms with Gasteiger partial charge < -0.3 is 0 Å². The molecule has 0 aliphatic rings. The molecule has 1 aromatic heterocycles. The largest absolute Gasteiger partial charge is 0.315 e. The molecule has 0 spiro atoms. The summed E-state index contributed by atoms with van der Waals surface area (Å²) in [6.45, 7) is 25.0. The van der Waals surface area contributed by atoms with Gasteiger partial charge in [0.15, 0.2) is 0 Å². The maximum atomic E-state index is 3.90. The SMILES string of the molecule is Cc1cc(C)c(-c2c[n+](-c3c(C(C)C)cccc3C(C)C)[nH][n+]2-c2c(C(C)C)cccc2C(C)C)c(C)c1. The van der Waals surface area contributed by atoms with Gasteiger partial charge in [0, 0.05) is 27.5 Å². The summed E-state index contributed by atoms with van der Waals surface area (Å²) in [5.41, 5.74) is 14.4. The van der Waals surface area contributed by atoms with E-state index in [-0.39, 0.29) is 0 Å². The Hall–Kier alpha value is -3.20. The van der Waals surface area contributed by atoms with Crippen molar-refractivity contribution in [1.29, 1.82) is 0 Å². The maximum Gasteiger partial charge on any atom is 0.315 e. The first-order valence-corrected chi connectivity index (χ1v) is 14.3. The Morgan fingerprint density at radius 3 is 1.37 bits per heavy atom. The van der Waals surface area contributed by atoms with Crippen LogP contribution in [0, 0.1) is 20.8 Å². The van der Waals surface area contributed by atoms with Crippen LogP contribution in [-0.2, 0) is 0 Å². The summed E-state index contributed by atoms with van der Waals surface area (Å²) in [6.07, 6.45) is 2.33. The predicted molar refractivity (Wildman–Crippen MR) is 160 cm³/mol. The van der Waals surface area contributed by atoms with E-state index in [9.17, 15) is 0 Å². The van der Waals surface area contributed by atoms with Crippen LogP contribution in [0.3, 0.4) is 0 Å². The van der Waals surface area contributed by atoms with Gasteiger partial charge in [0.25, 0.3) is 6.20 Å². The number of rotatable bonds is 7. The first-order chi connectivity index (χ1) is 17.9. The molecule has 200 valence electrons. The molecule has 4 rings (SSSR count). The third-order valence-electron chi connectivity index (χ3n) is 7.78. The summed E-state index contributed by atoms with van der Waals surface area (Å²) in [4.78, 5) is 0. The second kappa shape index (κ2) is 10.9. The highest BCUT2D eigenvalue weighted by Crippen LogP contribution is 2.33. The number of nitrogens with one attached hydrogen (secondary N) is 1. The number of H-pyrrole nitrogens is 1. The zero-order chi connectivity index (χ0) is 27.9. The maximum absolute atomic E-state index is 3.90. The summed E-state index contributed by atoms with van der Waals surface area (Å²) in [6, 6.07) is 18.2. The molecule has 0 aliphatic carbocycles. The third kappa shape index (κ3) is 5.08. The first-order valence-electron chi connectivity index (χ1n) is 14.3. The van der Waals surface area contributed by atoms with Gasteiger partial charge in [0.2, 0.25) is 11.4 Å². The fourth-order valence-electron chi connectivity index (χ4n) is 5.98. The lowest BCUT2D eigenvalue weighted by Gasteiger charge is -2.14. The summed E-state index contributed by atoms with van der Waals surface area (Å²) in [5, 5.41) is 3.90. The van der Waals surface area contributed by atoms with Gasteiger partial charge in [0.05, 0.1) is 5.56 Å². The van der Waals surface area contributed by atoms with Crippen LogP contribution >= 0.6 is 0 Å². The van der Waals surface area contributed by atoms with Crippen molar-refractivity contribution < 1.29 is 9.36 Å². The molecule has 3 heteroatoms. The lowest BCUT2D eigenvalue weighted by atomic mass is 9.92. The van der Waals surface area contributed by atoms with E-state index in [4.69, 9.17) is 0 Å². The number of aromatic nitrogens is 3. The van der Waals surface area contributed by atoms with Crippen molar-refractivity contribution in [1.82, 2.24) is 5.21 Å². The molecular weight excluding hydrogens is 462 g/mol. The smallest absolute Gasteiger partial charge is 0.0612 e. The fraction of sp³-hybridized carbons (Fsp3) is 0.429. The average Bonchev–Trinajstić information content (AvgIpc) is 3.26. The van der Waals surface area contributed by atoms with Crippen molar-refractivity contribution in [3.8, 4) is 22.6 Å². The first kappa shape index (κ1) is 27.8. The lowest BCUT2D eigenvalue weighted by molar-refractivity contribution is -0.803. The Morgan fingerprint density at radius 2 is 0.974 bits per heavy atom. The second-order valence-corrected chi connectivity index (χ2v) is 12.3. The number of hydrogen-bond donors (Lipinski definition) is 1. The van der Waals surface area contributed by atoms with Crippen molar-refractivity contribution >= 4 is 0 Å². The molecule has 1 heterocycles. The van der Waals surface area contributed by atoms with Crippen LogP contribution < -0.4 is 9.36 Å². The molecule has 3 nitrogen and oxygen atoms in total. The zero-order valence-corrected chi connectivity index (χ0v) is 25.4. The highest BCUT2D eigenvalue weighted by molar-refractivity contribution is 5.66. The molecule has 0 fully saturated rings. The minimum Gasteiger partial charge on any atom is -0.0612 e. The molecule has 0 saturated carbocycles. The predicted octanol–water partition coefficient (Wildman–Crippen LogP) is 8.65. The monoisotopic (exact) mass is 509 g/mol. The van der Waals surface area contributed by atoms with E-state index < -0.39 is 0 Å². The Kier molecular flexibility index (Phi) is 7.97. The summed E-state index contributed by atoms with van der Waals surface area (Å²) < 4.78 is 4.66. The lowest BCUT2D eigenvalue weighted by Crippen LogP contribution is -2.46. The number of benzene rings is 3. The van der Waals surface area contributed by atoms with Crippen molar-refractivity contribution in [2.75, 3.05) is 0 Å². The molecule has 4 aromatic rings. The van der Waals surface area contributed by atoms with E-state index in [1.165, 1.54) is 61.6 Å². The Morgan fingerprint density at radius 1 is 0.579 bits per heavy atom. The Bertz CT molecular complexity index is 1370. The Labute approximate surface area is 230 Å². The number of aromatic amines is 1. The van der Waals surface area contributed by atoms with Crippen LogP contribution in [0.4, 0.5) is 0 Å². The van der Waals surface area contributed by atoms with Gasteiger partial charge in [-0.1, -0.05) is 109 Å². The molecule has 1 N–H and O–H groups in total. The van der Waals surface area contributed by atoms with Crippen LogP contribution in [-0.4, -0.2) is 5.21 Å². The van der Waals surface area contributed by atoms with Crippen LogP contribution in [0.15, 0.2) is 54.7 Å². The summed E-state index contributed by atoms with van der Waals surface area (Å²) in [7, 11) is 0. The fourth-order valence-corrected chi connectivity index (χ4v) is 5.98. The van der Waals surface area contributed by atoms with E-state index in [0.717, 1.165) is 0 Å². The van der Waals surface area contributed by atoms with Gasteiger partial charge in [0.1, 0.15) is 0 Å². The van der Waals surface area contributed by atoms with Gasteiger partial charge in [-0.2, -0.15) is 0 Å². The third-order valence-corrected chi connectivity index (χ3v) is 7.78. The molecule has 38 heavy (non-hydrogen) atoms. The van der Waals surface area contributed by atoms with Gasteiger partial charge in [-0.25, -0.2) is 0 Å². The summed E-state index contributed by atoms with van der Waals surface area (Å²) >= 11 is 0. The number of nitrogens with zero attached hydrogens (tertiary/aromatic N) is 2. The Balaban J connectivity index is 2.18. The van der Waals surface area contributed by atoms with Gasteiger partial charge in [-0.15, -0.1) is 0 Å². The van der Waals surface area contributed by atoms with Crippen LogP contribution in [0.2, 0.25) is 0 Å². The molecule has 0 amide bonds. The molecule has 0 atom stereocenters. The van der Waals surface area contributed by atoms with Crippen LogP contribution in [0.25, 0.3) is 22.6 Å². The highest BCUT2D eigenvalue weighted by atomic mass is 15.5. The highest BCUT2D eigenvalue weighted by Gasteiger charge is 2.36. The van der Waals surface area contributed by atoms with Crippen molar-refractivity contribution in [3.05, 3.63) is 93.7 Å². The minimum atomic E-state index is 0.398. The molecule has 0 bridgehead atoms. The van der Waals surface area contributed by atoms with E-state index in [1.807, 2.05) is 0 Å². The molecule has 0 aliphatic heterocycles. The van der Waals surface area contributed by atoms with Gasteiger partial charge >= 0.3 is 5.69 Å². The zero-order valence-electron chi connectivity index (χ0n) is 25.4. The van der Waals surface area contributed by atoms with Crippen molar-refractivity contribution in [3.63, 3.8) is 0 Å². The second-order valence-electron chi connectivity index (χ2n) is 12.3. The normalized spacial score (nSPS) is 12.0. The van der Waals surface area contributed by atoms with E-state index in [1.54, 1.807) is 0 Å². The van der Waals surface area contributed by atoms with Crippen molar-refractivity contribution in [2.45, 2.75) is 99.8 Å². The molecule has 0 radical (unpaired) electrons. The minimum absolute atomic E-state index is 0.398. The summed E-state index contributed by atoms with van der Waals surface area (Å²) in [5.74, 6) is 1.62. The topological polar surface area (TPSA) is 23.5 Å². The van der Waals surface area contributed by atoms with Crippen molar-refractivity contribution in [2.24, 2.45) is 0 Å². The van der Waals surface area contributed by atoms with E-state index in [0.29, 0.717) is 23.7 Å². The van der Waals surface area contributed by atoms with Crippen LogP contribution in [0.5, 0.6) is 0 Å². The standard InChI is InChI=1S/C35H46N3/c1-21(2)28-14-12-15-29(22(3)4)34(28)37-20-32(33-26(10)18-25(9)19-27(33)11)38(36-37)35-30(23(5)6)16-13-17-31(35)24(7)8/h12-24H,1-11H3/q+1/p+1. The average molecular weight is 510 g/mol. The van der Waals surface area contributed by atoms with E-state index >= 15 is 0 Å².